The average Bonchev–Trinajstić information content (AvgIpc) is 3.67. The summed E-state index contributed by atoms with van der Waals surface area (Å²) in [5.74, 6) is 1.48. The number of nitrogens with one attached hydrogen (secondary N) is 2. The molecule has 0 fully saturated rings. The van der Waals surface area contributed by atoms with Gasteiger partial charge >= 0.3 is 0 Å². The van der Waals surface area contributed by atoms with Crippen LogP contribution in [0, 0.1) is 5.92 Å². The number of H-pyrrole nitrogens is 1. The molecule has 4 nitrogen and oxygen atoms in total. The predicted molar refractivity (Wildman–Crippen MR) is 172 cm³/mol. The van der Waals surface area contributed by atoms with Crippen LogP contribution in [-0.4, -0.2) is 22.4 Å². The number of rotatable bonds is 8. The number of allylic oxidation sites excluding steroid dienone is 5. The van der Waals surface area contributed by atoms with Gasteiger partial charge in [-0.05, 0) is 90.1 Å². The van der Waals surface area contributed by atoms with Gasteiger partial charge in [0.25, 0.3) is 0 Å². The number of aromatic nitrogens is 1. The summed E-state index contributed by atoms with van der Waals surface area (Å²) in [6.07, 6.45) is 17.3. The van der Waals surface area contributed by atoms with Crippen LogP contribution in [0.1, 0.15) is 105 Å². The summed E-state index contributed by atoms with van der Waals surface area (Å²) in [5, 5.41) is 6.30. The molecule has 1 atom stereocenters. The molecule has 1 unspecified atom stereocenters. The third-order valence-corrected chi connectivity index (χ3v) is 9.15. The Labute approximate surface area is 261 Å². The molecule has 0 saturated carbocycles. The molecular weight excluding hydrogens is 684 g/mol. The second-order valence-electron chi connectivity index (χ2n) is 11.1. The second kappa shape index (κ2) is 13.2. The molecule has 222 valence electrons. The van der Waals surface area contributed by atoms with Crippen molar-refractivity contribution in [3.8, 4) is 0 Å². The van der Waals surface area contributed by atoms with Crippen molar-refractivity contribution in [1.82, 2.24) is 10.3 Å². The molecule has 5 heterocycles. The van der Waals surface area contributed by atoms with Gasteiger partial charge in [-0.2, -0.15) is 11.5 Å². The van der Waals surface area contributed by atoms with E-state index in [0.29, 0.717) is 0 Å². The minimum Gasteiger partial charge on any atom is -0.466 e. The Balaban J connectivity index is 0.00000387. The molecule has 0 aliphatic carbocycles. The Morgan fingerprint density at radius 2 is 1.15 bits per heavy atom. The average molecular weight is 731 g/mol. The Bertz CT molecular complexity index is 1550. The summed E-state index contributed by atoms with van der Waals surface area (Å²) < 4.78 is 0. The molecule has 0 amide bonds. The first-order valence-electron chi connectivity index (χ1n) is 15.8. The zero-order valence-corrected chi connectivity index (χ0v) is 28.5. The number of aliphatic imine (C=N–C) groups is 2. The van der Waals surface area contributed by atoms with Crippen molar-refractivity contribution in [2.24, 2.45) is 9.98 Å². The van der Waals surface area contributed by atoms with Gasteiger partial charge in [-0.3, -0.25) is 0 Å². The maximum absolute atomic E-state index is 5.31. The summed E-state index contributed by atoms with van der Waals surface area (Å²) in [6.45, 7) is 18.2. The van der Waals surface area contributed by atoms with E-state index < -0.39 is 0 Å². The van der Waals surface area contributed by atoms with Crippen molar-refractivity contribution in [1.29, 1.82) is 0 Å². The zero-order valence-electron chi connectivity index (χ0n) is 26.3. The summed E-state index contributed by atoms with van der Waals surface area (Å²) >= 11 is 0. The minimum atomic E-state index is 0. The van der Waals surface area contributed by atoms with Crippen LogP contribution in [0.5, 0.6) is 0 Å². The second-order valence-corrected chi connectivity index (χ2v) is 11.1. The van der Waals surface area contributed by atoms with Gasteiger partial charge in [0.1, 0.15) is 0 Å². The van der Waals surface area contributed by atoms with E-state index in [4.69, 9.17) is 9.98 Å². The Hall–Kier alpha value is -2.58. The van der Waals surface area contributed by atoms with Gasteiger partial charge in [0.15, 0.2) is 0 Å². The molecule has 1 aromatic rings. The van der Waals surface area contributed by atoms with Crippen molar-refractivity contribution in [3.63, 3.8) is 0 Å². The van der Waals surface area contributed by atoms with Gasteiger partial charge in [0, 0.05) is 31.8 Å². The number of hydrogen-bond donors (Lipinski definition) is 2. The van der Waals surface area contributed by atoms with Crippen LogP contribution in [0.3, 0.4) is 0 Å². The van der Waals surface area contributed by atoms with Crippen LogP contribution in [0.25, 0.3) is 12.2 Å². The maximum Gasteiger partial charge on any atom is 0.0693 e. The first-order chi connectivity index (χ1) is 19.5. The number of nitrogens with zero attached hydrogens (tertiary/aromatic N) is 2. The summed E-state index contributed by atoms with van der Waals surface area (Å²) in [7, 11) is 0. The summed E-state index contributed by atoms with van der Waals surface area (Å²) in [6, 6.07) is 0.156. The molecule has 5 heteroatoms. The van der Waals surface area contributed by atoms with Gasteiger partial charge < -0.3 is 10.3 Å². The Morgan fingerprint density at radius 3 is 1.61 bits per heavy atom. The molecule has 1 aromatic heterocycles. The van der Waals surface area contributed by atoms with Crippen LogP contribution in [0.2, 0.25) is 0 Å². The van der Waals surface area contributed by atoms with Crippen molar-refractivity contribution in [2.75, 3.05) is 0 Å². The fraction of sp³-hybridized carbons (Fsp3) is 0.472. The molecule has 4 aliphatic rings. The molecule has 41 heavy (non-hydrogen) atoms. The van der Waals surface area contributed by atoms with E-state index in [1.807, 2.05) is 0 Å². The van der Waals surface area contributed by atoms with Gasteiger partial charge in [-0.25, -0.2) is 9.98 Å². The first kappa shape index (κ1) is 31.4. The van der Waals surface area contributed by atoms with Gasteiger partial charge in [-0.1, -0.05) is 80.4 Å². The van der Waals surface area contributed by atoms with Crippen molar-refractivity contribution in [2.45, 2.75) is 113 Å². The normalized spacial score (nSPS) is 19.9. The van der Waals surface area contributed by atoms with E-state index in [-0.39, 0.29) is 27.1 Å². The van der Waals surface area contributed by atoms with E-state index in [1.54, 1.807) is 0 Å². The molecule has 4 aliphatic heterocycles. The maximum atomic E-state index is 5.31. The summed E-state index contributed by atoms with van der Waals surface area (Å²) in [4.78, 5) is 14.4. The molecule has 0 radical (unpaired) electrons. The molecular formula is C36H47N4Pt-. The van der Waals surface area contributed by atoms with Crippen molar-refractivity contribution >= 4 is 23.6 Å². The fourth-order valence-electron chi connectivity index (χ4n) is 7.29. The molecule has 8 bridgehead atoms. The fourth-order valence-corrected chi connectivity index (χ4v) is 7.29. The van der Waals surface area contributed by atoms with E-state index >= 15 is 0 Å². The number of fused-ring (bicyclic) bond motifs is 6. The van der Waals surface area contributed by atoms with E-state index in [2.05, 4.69) is 90.0 Å². The first-order valence-corrected chi connectivity index (χ1v) is 15.8. The third-order valence-electron chi connectivity index (χ3n) is 9.15. The van der Waals surface area contributed by atoms with E-state index in [0.717, 1.165) is 74.2 Å². The molecule has 2 N–H and O–H groups in total. The van der Waals surface area contributed by atoms with Crippen LogP contribution in [-0.2, 0) is 33.9 Å². The van der Waals surface area contributed by atoms with Gasteiger partial charge in [-0.15, -0.1) is 5.70 Å². The van der Waals surface area contributed by atoms with Gasteiger partial charge in [0.2, 0.25) is 0 Å². The van der Waals surface area contributed by atoms with E-state index in [9.17, 15) is 0 Å². The largest absolute Gasteiger partial charge is 0.466 e. The topological polar surface area (TPSA) is 52.5 Å². The molecule has 0 aromatic carbocycles. The SMILES string of the molecule is CCC1=C(CC)C2=NC1=CC1=C(CC)[C-](CC)C(C=C3N=C(C=c4[nH]c(c(CC)c4CC)=C2)C(CC)=C3CC)N1.[Pt]. The van der Waals surface area contributed by atoms with Crippen LogP contribution >= 0.6 is 0 Å². The minimum absolute atomic E-state index is 0. The molecule has 0 spiro atoms. The summed E-state index contributed by atoms with van der Waals surface area (Å²) in [5.41, 5.74) is 15.5. The molecule has 5 rings (SSSR count). The standard InChI is InChI=1S/C36H47N4.Pt/c1-9-21-22(10-2)30-18-32-25(13-5)26(14-6)34(39-32)20-36-28(16-8)27(15-7)35(40-36)19-33-24(12-4)23(11-3)31(38-33)17-29(21)37-30;/h17-20,29,37,40H,9-16H2,1-8H3;/q-1;. The zero-order chi connectivity index (χ0) is 28.6. The third kappa shape index (κ3) is 5.38. The van der Waals surface area contributed by atoms with E-state index in [1.165, 1.54) is 61.3 Å². The van der Waals surface area contributed by atoms with Crippen molar-refractivity contribution in [3.05, 3.63) is 84.9 Å². The number of aromatic amines is 1. The number of hydrogen-bond acceptors (Lipinski definition) is 3. The van der Waals surface area contributed by atoms with Gasteiger partial charge in [0.05, 0.1) is 22.8 Å². The molecule has 0 saturated heterocycles. The van der Waals surface area contributed by atoms with Crippen LogP contribution < -0.4 is 16.0 Å². The van der Waals surface area contributed by atoms with Crippen LogP contribution in [0.15, 0.2) is 67.1 Å². The Morgan fingerprint density at radius 1 is 0.634 bits per heavy atom. The van der Waals surface area contributed by atoms with Crippen LogP contribution in [0.4, 0.5) is 0 Å². The smallest absolute Gasteiger partial charge is 0.0693 e. The quantitative estimate of drug-likeness (QED) is 0.273. The van der Waals surface area contributed by atoms with Crippen molar-refractivity contribution < 1.29 is 21.1 Å². The Kier molecular flexibility index (Phi) is 10.1. The monoisotopic (exact) mass is 730 g/mol. The predicted octanol–water partition coefficient (Wildman–Crippen LogP) is 7.24.